The Morgan fingerprint density at radius 1 is 0.871 bits per heavy atom. The number of carbonyl (C=O) groups excluding carboxylic acids is 2. The number of carbonyl (C=O) groups is 2. The molecule has 0 heterocycles. The van der Waals surface area contributed by atoms with E-state index in [2.05, 4.69) is 0 Å². The Labute approximate surface area is 186 Å². The first kappa shape index (κ1) is 22.7. The number of ketones is 1. The van der Waals surface area contributed by atoms with Gasteiger partial charge in [-0.25, -0.2) is 13.2 Å². The molecule has 0 amide bonds. The van der Waals surface area contributed by atoms with Gasteiger partial charge in [0.1, 0.15) is 0 Å². The van der Waals surface area contributed by atoms with E-state index in [9.17, 15) is 18.0 Å². The van der Waals surface area contributed by atoms with Crippen molar-refractivity contribution in [2.75, 3.05) is 6.26 Å². The molecule has 5 nitrogen and oxygen atoms in total. The van der Waals surface area contributed by atoms with Gasteiger partial charge in [0.15, 0.2) is 15.9 Å². The number of benzene rings is 3. The number of aryl methyl sites for hydroxylation is 2. The molecule has 0 N–H and O–H groups in total. The topological polar surface area (TPSA) is 77.5 Å². The molecule has 3 aromatic rings. The number of rotatable bonds is 6. The molecule has 0 saturated carbocycles. The summed E-state index contributed by atoms with van der Waals surface area (Å²) < 4.78 is 29.3. The van der Waals surface area contributed by atoms with Crippen LogP contribution in [0.15, 0.2) is 71.6 Å². The average molecular weight is 457 g/mol. The minimum Gasteiger partial charge on any atom is -0.445 e. The molecule has 3 rings (SSSR count). The van der Waals surface area contributed by atoms with Gasteiger partial charge in [0, 0.05) is 17.4 Å². The van der Waals surface area contributed by atoms with E-state index in [-0.39, 0.29) is 15.5 Å². The van der Waals surface area contributed by atoms with Gasteiger partial charge in [-0.15, -0.1) is 0 Å². The summed E-state index contributed by atoms with van der Waals surface area (Å²) in [6.45, 7) is 3.81. The highest BCUT2D eigenvalue weighted by Crippen LogP contribution is 2.28. The maximum Gasteiger partial charge on any atom is 0.340 e. The fourth-order valence-corrected chi connectivity index (χ4v) is 3.79. The van der Waals surface area contributed by atoms with Crippen LogP contribution in [0.3, 0.4) is 0 Å². The molecule has 7 heteroatoms. The number of ether oxygens (including phenoxy) is 1. The van der Waals surface area contributed by atoms with Crippen molar-refractivity contribution >= 4 is 33.2 Å². The Kier molecular flexibility index (Phi) is 6.62. The molecule has 31 heavy (non-hydrogen) atoms. The molecule has 0 radical (unpaired) electrons. The second-order valence-electron chi connectivity index (χ2n) is 7.34. The Bertz CT molecular complexity index is 1230. The predicted octanol–water partition coefficient (Wildman–Crippen LogP) is 5.14. The van der Waals surface area contributed by atoms with Gasteiger partial charge in [-0.1, -0.05) is 71.3 Å². The van der Waals surface area contributed by atoms with Gasteiger partial charge >= 0.3 is 5.97 Å². The molecule has 0 aliphatic rings. The van der Waals surface area contributed by atoms with Crippen molar-refractivity contribution < 1.29 is 22.7 Å². The molecule has 160 valence electrons. The van der Waals surface area contributed by atoms with Crippen molar-refractivity contribution in [2.45, 2.75) is 24.8 Å². The van der Waals surface area contributed by atoms with Crippen LogP contribution in [0.1, 0.15) is 43.5 Å². The molecular weight excluding hydrogens is 436 g/mol. The van der Waals surface area contributed by atoms with Crippen LogP contribution < -0.4 is 0 Å². The zero-order chi connectivity index (χ0) is 22.8. The third-order valence-electron chi connectivity index (χ3n) is 4.77. The number of Topliss-reactive ketones (excluding diaryl/α,β-unsaturated/α-hetero) is 1. The summed E-state index contributed by atoms with van der Waals surface area (Å²) in [5.74, 6) is -1.28. The van der Waals surface area contributed by atoms with Crippen LogP contribution in [0.4, 0.5) is 0 Å². The molecule has 3 aromatic carbocycles. The van der Waals surface area contributed by atoms with E-state index in [1.54, 1.807) is 36.4 Å². The van der Waals surface area contributed by atoms with Crippen LogP contribution in [-0.2, 0) is 14.6 Å². The third kappa shape index (κ3) is 5.40. The van der Waals surface area contributed by atoms with Crippen LogP contribution >= 0.6 is 11.6 Å². The lowest BCUT2D eigenvalue weighted by Gasteiger charge is -2.18. The lowest BCUT2D eigenvalue weighted by Crippen LogP contribution is -2.21. The molecule has 0 spiro atoms. The number of esters is 1. The maximum atomic E-state index is 13.2. The van der Waals surface area contributed by atoms with Crippen LogP contribution in [0.2, 0.25) is 5.02 Å². The Balaban J connectivity index is 2.01. The lowest BCUT2D eigenvalue weighted by atomic mass is 9.98. The molecule has 0 fully saturated rings. The quantitative estimate of drug-likeness (QED) is 0.379. The van der Waals surface area contributed by atoms with E-state index < -0.39 is 27.7 Å². The average Bonchev–Trinajstić information content (AvgIpc) is 2.72. The smallest absolute Gasteiger partial charge is 0.340 e. The molecule has 0 aliphatic heterocycles. The van der Waals surface area contributed by atoms with E-state index in [1.165, 1.54) is 12.1 Å². The number of hydrogen-bond acceptors (Lipinski definition) is 5. The molecule has 1 atom stereocenters. The first-order valence-electron chi connectivity index (χ1n) is 9.44. The number of halogens is 1. The summed E-state index contributed by atoms with van der Waals surface area (Å²) in [4.78, 5) is 26.1. The lowest BCUT2D eigenvalue weighted by molar-refractivity contribution is 0.0280. The van der Waals surface area contributed by atoms with Gasteiger partial charge in [-0.3, -0.25) is 4.79 Å². The minimum atomic E-state index is -3.56. The summed E-state index contributed by atoms with van der Waals surface area (Å²) in [6.07, 6.45) is -0.185. The fourth-order valence-electron chi connectivity index (χ4n) is 2.95. The Morgan fingerprint density at radius 2 is 1.42 bits per heavy atom. The van der Waals surface area contributed by atoms with E-state index in [1.807, 2.05) is 26.0 Å². The Morgan fingerprint density at radius 3 is 1.97 bits per heavy atom. The first-order valence-corrected chi connectivity index (χ1v) is 11.7. The fraction of sp³-hybridized carbons (Fsp3) is 0.167. The molecule has 0 saturated heterocycles. The van der Waals surface area contributed by atoms with Gasteiger partial charge in [0.2, 0.25) is 5.78 Å². The van der Waals surface area contributed by atoms with Crippen LogP contribution in [-0.4, -0.2) is 26.4 Å². The normalized spacial score (nSPS) is 12.3. The molecule has 0 bridgehead atoms. The minimum absolute atomic E-state index is 0.0304. The van der Waals surface area contributed by atoms with Gasteiger partial charge in [0.25, 0.3) is 0 Å². The predicted molar refractivity (Wildman–Crippen MR) is 119 cm³/mol. The van der Waals surface area contributed by atoms with Crippen LogP contribution in [0.5, 0.6) is 0 Å². The number of sulfone groups is 1. The largest absolute Gasteiger partial charge is 0.445 e. The van der Waals surface area contributed by atoms with E-state index >= 15 is 0 Å². The SMILES string of the molecule is Cc1ccc(C(=O)C(OC(=O)c2cc(S(C)(=O)=O)ccc2Cl)c2ccc(C)cc2)cc1. The van der Waals surface area contributed by atoms with Crippen molar-refractivity contribution in [3.63, 3.8) is 0 Å². The maximum absolute atomic E-state index is 13.2. The van der Waals surface area contributed by atoms with Crippen LogP contribution in [0, 0.1) is 13.8 Å². The van der Waals surface area contributed by atoms with E-state index in [4.69, 9.17) is 16.3 Å². The Hall–Kier alpha value is -2.96. The van der Waals surface area contributed by atoms with Crippen molar-refractivity contribution in [1.82, 2.24) is 0 Å². The summed E-state index contributed by atoms with van der Waals surface area (Å²) in [7, 11) is -3.56. The molecule has 1 unspecified atom stereocenters. The second kappa shape index (κ2) is 9.04. The van der Waals surface area contributed by atoms with Gasteiger partial charge in [0.05, 0.1) is 15.5 Å². The second-order valence-corrected chi connectivity index (χ2v) is 9.76. The van der Waals surface area contributed by atoms with Gasteiger partial charge in [-0.2, -0.15) is 0 Å². The highest BCUT2D eigenvalue weighted by atomic mass is 35.5. The summed E-state index contributed by atoms with van der Waals surface area (Å²) in [5, 5.41) is 0.0304. The van der Waals surface area contributed by atoms with E-state index in [0.717, 1.165) is 23.4 Å². The monoisotopic (exact) mass is 456 g/mol. The van der Waals surface area contributed by atoms with Gasteiger partial charge < -0.3 is 4.74 Å². The highest BCUT2D eigenvalue weighted by Gasteiger charge is 2.28. The first-order chi connectivity index (χ1) is 14.6. The van der Waals surface area contributed by atoms with Crippen molar-refractivity contribution in [1.29, 1.82) is 0 Å². The van der Waals surface area contributed by atoms with Crippen molar-refractivity contribution in [2.24, 2.45) is 0 Å². The van der Waals surface area contributed by atoms with Gasteiger partial charge in [-0.05, 0) is 32.0 Å². The zero-order valence-corrected chi connectivity index (χ0v) is 18.8. The number of hydrogen-bond donors (Lipinski definition) is 0. The molecule has 0 aromatic heterocycles. The van der Waals surface area contributed by atoms with Crippen molar-refractivity contribution in [3.8, 4) is 0 Å². The standard InChI is InChI=1S/C24H21ClO5S/c1-15-4-8-17(9-5-15)22(26)23(18-10-6-16(2)7-11-18)30-24(27)20-14-19(31(3,28)29)12-13-21(20)25/h4-14,23H,1-3H3. The molecule has 0 aliphatic carbocycles. The highest BCUT2D eigenvalue weighted by molar-refractivity contribution is 7.90. The zero-order valence-electron chi connectivity index (χ0n) is 17.3. The summed E-state index contributed by atoms with van der Waals surface area (Å²) in [5.41, 5.74) is 2.74. The summed E-state index contributed by atoms with van der Waals surface area (Å²) >= 11 is 6.12. The van der Waals surface area contributed by atoms with Crippen molar-refractivity contribution in [3.05, 3.63) is 99.6 Å². The third-order valence-corrected chi connectivity index (χ3v) is 6.20. The molecular formula is C24H21ClO5S. The van der Waals surface area contributed by atoms with E-state index in [0.29, 0.717) is 11.1 Å². The summed E-state index contributed by atoms with van der Waals surface area (Å²) in [6, 6.07) is 17.8. The van der Waals surface area contributed by atoms with Crippen LogP contribution in [0.25, 0.3) is 0 Å².